The van der Waals surface area contributed by atoms with Crippen LogP contribution >= 0.6 is 0 Å². The summed E-state index contributed by atoms with van der Waals surface area (Å²) >= 11 is 0. The van der Waals surface area contributed by atoms with Crippen LogP contribution in [0.25, 0.3) is 0 Å². The number of carbonyl (C=O) groups is 1. The molecule has 1 unspecified atom stereocenters. The summed E-state index contributed by atoms with van der Waals surface area (Å²) in [6.45, 7) is 7.12. The molecule has 0 spiro atoms. The predicted molar refractivity (Wildman–Crippen MR) is 98.1 cm³/mol. The number of benzene rings is 2. The summed E-state index contributed by atoms with van der Waals surface area (Å²) in [7, 11) is 0. The van der Waals surface area contributed by atoms with Crippen molar-refractivity contribution in [3.05, 3.63) is 59.7 Å². The van der Waals surface area contributed by atoms with Crippen molar-refractivity contribution in [2.75, 3.05) is 13.2 Å². The van der Waals surface area contributed by atoms with E-state index in [9.17, 15) is 4.79 Å². The van der Waals surface area contributed by atoms with Gasteiger partial charge < -0.3 is 14.8 Å². The number of rotatable bonds is 4. The zero-order valence-electron chi connectivity index (χ0n) is 15.0. The Labute approximate surface area is 149 Å². The van der Waals surface area contributed by atoms with Gasteiger partial charge in [-0.2, -0.15) is 0 Å². The molecule has 2 aromatic carbocycles. The van der Waals surface area contributed by atoms with E-state index in [4.69, 9.17) is 9.47 Å². The fraction of sp³-hybridized carbons (Fsp3) is 0.381. The van der Waals surface area contributed by atoms with E-state index in [1.807, 2.05) is 48.5 Å². The second-order valence-corrected chi connectivity index (χ2v) is 7.36. The fourth-order valence-electron chi connectivity index (χ4n) is 2.93. The van der Waals surface area contributed by atoms with Crippen LogP contribution in [-0.4, -0.2) is 19.1 Å². The van der Waals surface area contributed by atoms with Crippen molar-refractivity contribution in [2.45, 2.75) is 38.6 Å². The van der Waals surface area contributed by atoms with Gasteiger partial charge >= 0.3 is 0 Å². The van der Waals surface area contributed by atoms with E-state index in [1.165, 1.54) is 5.56 Å². The number of carbonyl (C=O) groups excluding carboxylic acids is 1. The van der Waals surface area contributed by atoms with Crippen molar-refractivity contribution in [2.24, 2.45) is 0 Å². The van der Waals surface area contributed by atoms with Crippen molar-refractivity contribution in [3.63, 3.8) is 0 Å². The zero-order chi connectivity index (χ0) is 17.9. The summed E-state index contributed by atoms with van der Waals surface area (Å²) in [6.07, 6.45) is 0.767. The maximum absolute atomic E-state index is 12.2. The lowest BCUT2D eigenvalue weighted by atomic mass is 9.87. The predicted octanol–water partition coefficient (Wildman–Crippen LogP) is 4.00. The number of hydrogen-bond acceptors (Lipinski definition) is 3. The minimum atomic E-state index is -0.124. The number of nitrogens with one attached hydrogen (secondary N) is 1. The van der Waals surface area contributed by atoms with E-state index >= 15 is 0 Å². The molecule has 3 rings (SSSR count). The van der Waals surface area contributed by atoms with E-state index in [-0.39, 0.29) is 24.0 Å². The monoisotopic (exact) mass is 339 g/mol. The lowest BCUT2D eigenvalue weighted by Gasteiger charge is -2.26. The zero-order valence-corrected chi connectivity index (χ0v) is 15.0. The average Bonchev–Trinajstić information content (AvgIpc) is 2.60. The van der Waals surface area contributed by atoms with Gasteiger partial charge in [0.25, 0.3) is 5.91 Å². The lowest BCUT2D eigenvalue weighted by Crippen LogP contribution is -2.35. The van der Waals surface area contributed by atoms with Crippen molar-refractivity contribution in [1.82, 2.24) is 5.32 Å². The van der Waals surface area contributed by atoms with Crippen molar-refractivity contribution in [1.29, 1.82) is 0 Å². The third-order valence-electron chi connectivity index (χ3n) is 4.38. The molecule has 0 saturated carbocycles. The van der Waals surface area contributed by atoms with Crippen molar-refractivity contribution < 1.29 is 14.3 Å². The molecule has 1 heterocycles. The number of ether oxygens (including phenoxy) is 2. The Morgan fingerprint density at radius 2 is 1.88 bits per heavy atom. The van der Waals surface area contributed by atoms with Gasteiger partial charge in [0.05, 0.1) is 12.6 Å². The number of hydrogen-bond donors (Lipinski definition) is 1. The van der Waals surface area contributed by atoms with Crippen LogP contribution in [0.1, 0.15) is 44.4 Å². The standard InChI is InChI=1S/C21H25NO3/c1-21(2,3)15-8-10-16(11-9-15)25-14-20(23)22-18-12-13-24-19-7-5-4-6-17(18)19/h4-11,18H,12-14H2,1-3H3,(H,22,23). The smallest absolute Gasteiger partial charge is 0.258 e. The first kappa shape index (κ1) is 17.3. The molecule has 1 atom stereocenters. The van der Waals surface area contributed by atoms with Gasteiger partial charge in [-0.05, 0) is 29.2 Å². The molecule has 1 N–H and O–H groups in total. The topological polar surface area (TPSA) is 47.6 Å². The van der Waals surface area contributed by atoms with Gasteiger partial charge in [0.2, 0.25) is 0 Å². The molecular weight excluding hydrogens is 314 g/mol. The highest BCUT2D eigenvalue weighted by molar-refractivity contribution is 5.78. The first-order valence-corrected chi connectivity index (χ1v) is 8.68. The summed E-state index contributed by atoms with van der Waals surface area (Å²) in [6, 6.07) is 15.7. The third kappa shape index (κ3) is 4.32. The molecule has 0 saturated heterocycles. The van der Waals surface area contributed by atoms with Crippen LogP contribution in [0, 0.1) is 0 Å². The van der Waals surface area contributed by atoms with Gasteiger partial charge in [-0.3, -0.25) is 4.79 Å². The summed E-state index contributed by atoms with van der Waals surface area (Å²) in [5.41, 5.74) is 2.37. The van der Waals surface area contributed by atoms with Crippen molar-refractivity contribution in [3.8, 4) is 11.5 Å². The molecule has 0 fully saturated rings. The van der Waals surface area contributed by atoms with Crippen LogP contribution in [0.5, 0.6) is 11.5 Å². The van der Waals surface area contributed by atoms with Crippen molar-refractivity contribution >= 4 is 5.91 Å². The van der Waals surface area contributed by atoms with Gasteiger partial charge in [-0.25, -0.2) is 0 Å². The van der Waals surface area contributed by atoms with Gasteiger partial charge in [-0.15, -0.1) is 0 Å². The molecule has 132 valence electrons. The van der Waals surface area contributed by atoms with E-state index in [0.29, 0.717) is 12.4 Å². The quantitative estimate of drug-likeness (QED) is 0.916. The van der Waals surface area contributed by atoms with Crippen LogP contribution in [0.4, 0.5) is 0 Å². The largest absolute Gasteiger partial charge is 0.493 e. The fourth-order valence-corrected chi connectivity index (χ4v) is 2.93. The maximum Gasteiger partial charge on any atom is 0.258 e. The molecule has 1 aliphatic rings. The van der Waals surface area contributed by atoms with Gasteiger partial charge in [0, 0.05) is 12.0 Å². The van der Waals surface area contributed by atoms with Crippen LogP contribution in [0.3, 0.4) is 0 Å². The normalized spacial score (nSPS) is 16.5. The minimum absolute atomic E-state index is 0.00832. The Hall–Kier alpha value is -2.49. The summed E-state index contributed by atoms with van der Waals surface area (Å²) < 4.78 is 11.2. The highest BCUT2D eigenvalue weighted by Gasteiger charge is 2.22. The Morgan fingerprint density at radius 1 is 1.16 bits per heavy atom. The molecule has 0 bridgehead atoms. The molecular formula is C21H25NO3. The van der Waals surface area contributed by atoms with E-state index < -0.39 is 0 Å². The number of amides is 1. The second kappa shape index (κ2) is 7.18. The Morgan fingerprint density at radius 3 is 2.60 bits per heavy atom. The molecule has 4 heteroatoms. The summed E-state index contributed by atoms with van der Waals surface area (Å²) in [4.78, 5) is 12.2. The molecule has 0 aliphatic carbocycles. The Kier molecular flexibility index (Phi) is 4.98. The number of para-hydroxylation sites is 1. The first-order valence-electron chi connectivity index (χ1n) is 8.68. The first-order chi connectivity index (χ1) is 11.9. The SMILES string of the molecule is CC(C)(C)c1ccc(OCC(=O)NC2CCOc3ccccc32)cc1. The van der Waals surface area contributed by atoms with E-state index in [0.717, 1.165) is 17.7 Å². The molecule has 0 aromatic heterocycles. The van der Waals surface area contributed by atoms with Crippen LogP contribution in [0.15, 0.2) is 48.5 Å². The lowest BCUT2D eigenvalue weighted by molar-refractivity contribution is -0.124. The summed E-state index contributed by atoms with van der Waals surface area (Å²) in [5, 5.41) is 3.04. The summed E-state index contributed by atoms with van der Waals surface area (Å²) in [5.74, 6) is 1.43. The molecule has 25 heavy (non-hydrogen) atoms. The number of fused-ring (bicyclic) bond motifs is 1. The Bertz CT molecular complexity index is 732. The molecule has 1 amide bonds. The van der Waals surface area contributed by atoms with Crippen LogP contribution in [0.2, 0.25) is 0 Å². The highest BCUT2D eigenvalue weighted by Crippen LogP contribution is 2.31. The molecule has 1 aliphatic heterocycles. The average molecular weight is 339 g/mol. The molecule has 4 nitrogen and oxygen atoms in total. The van der Waals surface area contributed by atoms with Gasteiger partial charge in [0.1, 0.15) is 11.5 Å². The van der Waals surface area contributed by atoms with Crippen LogP contribution in [-0.2, 0) is 10.2 Å². The van der Waals surface area contributed by atoms with E-state index in [1.54, 1.807) is 0 Å². The van der Waals surface area contributed by atoms with E-state index in [2.05, 4.69) is 26.1 Å². The minimum Gasteiger partial charge on any atom is -0.493 e. The van der Waals surface area contributed by atoms with Gasteiger partial charge in [-0.1, -0.05) is 51.1 Å². The maximum atomic E-state index is 12.2. The third-order valence-corrected chi connectivity index (χ3v) is 4.38. The van der Waals surface area contributed by atoms with Gasteiger partial charge in [0.15, 0.2) is 6.61 Å². The Balaban J connectivity index is 1.55. The second-order valence-electron chi connectivity index (χ2n) is 7.36. The molecule has 2 aromatic rings. The highest BCUT2D eigenvalue weighted by atomic mass is 16.5. The van der Waals surface area contributed by atoms with Crippen LogP contribution < -0.4 is 14.8 Å². The molecule has 0 radical (unpaired) electrons.